The molecule has 5 atom stereocenters. The molecule has 238 valence electrons. The summed E-state index contributed by atoms with van der Waals surface area (Å²) in [6, 6.07) is 1.74. The number of aliphatic hydroxyl groups is 3. The van der Waals surface area contributed by atoms with Crippen LogP contribution in [0.25, 0.3) is 10.4 Å². The molecule has 15 heteroatoms. The highest BCUT2D eigenvalue weighted by atomic mass is 127. The third kappa shape index (κ3) is 10.9. The van der Waals surface area contributed by atoms with Crippen LogP contribution in [0.4, 0.5) is 5.69 Å². The van der Waals surface area contributed by atoms with Gasteiger partial charge in [0, 0.05) is 35.2 Å². The highest BCUT2D eigenvalue weighted by Gasteiger charge is 2.37. The number of likely N-dealkylation sites (tertiary alicyclic amines) is 1. The number of carbonyl (C=O) groups is 3. The number of phenols is 1. The van der Waals surface area contributed by atoms with Gasteiger partial charge in [-0.15, -0.1) is 0 Å². The quantitative estimate of drug-likeness (QED) is 0.0443. The second kappa shape index (κ2) is 16.8. The number of methoxy groups -OCH3 is 1. The fourth-order valence-corrected chi connectivity index (χ4v) is 5.00. The number of benzene rings is 1. The van der Waals surface area contributed by atoms with Crippen molar-refractivity contribution in [3.05, 3.63) is 43.9 Å². The Morgan fingerprint density at radius 1 is 1.26 bits per heavy atom. The molecule has 0 aromatic heterocycles. The van der Waals surface area contributed by atoms with Gasteiger partial charge in [0.2, 0.25) is 5.91 Å². The van der Waals surface area contributed by atoms with Gasteiger partial charge in [-0.2, -0.15) is 0 Å². The number of hydrogen-bond acceptors (Lipinski definition) is 9. The summed E-state index contributed by atoms with van der Waals surface area (Å²) in [7, 11) is 1.18. The molecule has 1 aromatic carbocycles. The molecule has 0 radical (unpaired) electrons. The van der Waals surface area contributed by atoms with Gasteiger partial charge in [0.25, 0.3) is 11.8 Å². The molecule has 1 aromatic rings. The van der Waals surface area contributed by atoms with Crippen molar-refractivity contribution in [2.45, 2.75) is 76.9 Å². The van der Waals surface area contributed by atoms with E-state index in [4.69, 9.17) is 10.3 Å². The van der Waals surface area contributed by atoms with E-state index in [9.17, 15) is 34.8 Å². The van der Waals surface area contributed by atoms with Gasteiger partial charge < -0.3 is 40.7 Å². The number of allylic oxidation sites excluding steroid dienone is 1. The molecule has 0 unspecified atom stereocenters. The zero-order chi connectivity index (χ0) is 32.3. The predicted molar refractivity (Wildman–Crippen MR) is 166 cm³/mol. The molecule has 14 nitrogen and oxygen atoms in total. The second-order valence-electron chi connectivity index (χ2n) is 11.4. The Labute approximate surface area is 264 Å². The van der Waals surface area contributed by atoms with Crippen molar-refractivity contribution in [3.63, 3.8) is 0 Å². The fraction of sp³-hybridized carbons (Fsp3) is 0.607. The lowest BCUT2D eigenvalue weighted by Crippen LogP contribution is -2.56. The number of aliphatic hydroxyl groups excluding tert-OH is 3. The summed E-state index contributed by atoms with van der Waals surface area (Å²) in [5, 5.41) is 50.2. The number of amides is 3. The van der Waals surface area contributed by atoms with Crippen LogP contribution < -0.4 is 10.6 Å². The number of nitrogens with one attached hydrogen (secondary N) is 2. The van der Waals surface area contributed by atoms with Gasteiger partial charge >= 0.3 is 0 Å². The van der Waals surface area contributed by atoms with Crippen LogP contribution in [-0.4, -0.2) is 100 Å². The third-order valence-electron chi connectivity index (χ3n) is 6.77. The minimum absolute atomic E-state index is 0.0210. The molecule has 0 aliphatic carbocycles. The summed E-state index contributed by atoms with van der Waals surface area (Å²) < 4.78 is 5.63. The van der Waals surface area contributed by atoms with Crippen molar-refractivity contribution in [3.8, 4) is 5.75 Å². The molecule has 1 heterocycles. The first kappa shape index (κ1) is 36.2. The summed E-state index contributed by atoms with van der Waals surface area (Å²) in [5.41, 5.74) is 8.55. The summed E-state index contributed by atoms with van der Waals surface area (Å²) >= 11 is 1.89. The normalized spacial score (nSPS) is 18.7. The van der Waals surface area contributed by atoms with E-state index in [1.165, 1.54) is 25.3 Å². The lowest BCUT2D eigenvalue weighted by atomic mass is 9.94. The Kier molecular flexibility index (Phi) is 14.1. The fourth-order valence-electron chi connectivity index (χ4n) is 4.42. The van der Waals surface area contributed by atoms with E-state index in [0.29, 0.717) is 42.3 Å². The van der Waals surface area contributed by atoms with Crippen LogP contribution in [0.15, 0.2) is 29.4 Å². The Morgan fingerprint density at radius 3 is 2.58 bits per heavy atom. The number of hydrogen-bond donors (Lipinski definition) is 6. The molecule has 43 heavy (non-hydrogen) atoms. The molecule has 6 N–H and O–H groups in total. The summed E-state index contributed by atoms with van der Waals surface area (Å²) in [6.45, 7) is 6.65. The second-order valence-corrected chi connectivity index (χ2v) is 12.5. The molecule has 1 fully saturated rings. The molecule has 1 aliphatic heterocycles. The standard InChI is InChI=1S/C28H41IN6O8/c1-28(2,3)10-9-20(36)22(38)23(39)24(43-4)26(41)32-18-8-5-6-12-35(27(18)42)13-7-11-31-25(40)16-14-17(29)19(33-34-30)15-21(16)37/h9-10,14-15,18,20,22-24,36-39H,5-8,11-13H2,1-4H3,(H,31,40)(H,32,41)/t18-,20+,22-,23+,24+/m0/s1. The van der Waals surface area contributed by atoms with E-state index in [2.05, 4.69) is 20.7 Å². The van der Waals surface area contributed by atoms with Crippen molar-refractivity contribution in [2.75, 3.05) is 26.7 Å². The molecule has 0 spiro atoms. The molecule has 3 amide bonds. The van der Waals surface area contributed by atoms with Gasteiger partial charge in [-0.3, -0.25) is 14.4 Å². The summed E-state index contributed by atoms with van der Waals surface area (Å²) in [5.74, 6) is -1.98. The number of phenolic OH excluding ortho intramolecular Hbond substituents is 1. The average molecular weight is 717 g/mol. The lowest BCUT2D eigenvalue weighted by Gasteiger charge is -2.29. The summed E-state index contributed by atoms with van der Waals surface area (Å²) in [6.07, 6.45) is -1.29. The zero-order valence-electron chi connectivity index (χ0n) is 24.7. The number of carbonyl (C=O) groups excluding carboxylic acids is 3. The number of ether oxygens (including phenoxy) is 1. The van der Waals surface area contributed by atoms with Crippen molar-refractivity contribution in [1.82, 2.24) is 15.5 Å². The first-order valence-corrected chi connectivity index (χ1v) is 15.0. The van der Waals surface area contributed by atoms with Crippen molar-refractivity contribution >= 4 is 46.0 Å². The Balaban J connectivity index is 1.95. The van der Waals surface area contributed by atoms with Crippen LogP contribution in [-0.2, 0) is 14.3 Å². The van der Waals surface area contributed by atoms with Crippen LogP contribution in [0.3, 0.4) is 0 Å². The molecular weight excluding hydrogens is 675 g/mol. The molecule has 1 aliphatic rings. The smallest absolute Gasteiger partial charge is 0.255 e. The minimum Gasteiger partial charge on any atom is -0.507 e. The van der Waals surface area contributed by atoms with Crippen molar-refractivity contribution < 1.29 is 39.5 Å². The highest BCUT2D eigenvalue weighted by Crippen LogP contribution is 2.30. The maximum absolute atomic E-state index is 13.3. The molecule has 1 saturated heterocycles. The molecule has 0 saturated carbocycles. The summed E-state index contributed by atoms with van der Waals surface area (Å²) in [4.78, 5) is 43.1. The first-order chi connectivity index (χ1) is 20.2. The highest BCUT2D eigenvalue weighted by molar-refractivity contribution is 14.1. The van der Waals surface area contributed by atoms with Crippen molar-refractivity contribution in [2.24, 2.45) is 10.5 Å². The van der Waals surface area contributed by atoms with Gasteiger partial charge in [-0.05, 0) is 71.4 Å². The van der Waals surface area contributed by atoms with Gasteiger partial charge in [-0.1, -0.05) is 38.0 Å². The van der Waals surface area contributed by atoms with Crippen LogP contribution in [0.5, 0.6) is 5.75 Å². The first-order valence-electron chi connectivity index (χ1n) is 13.9. The van der Waals surface area contributed by atoms with Crippen LogP contribution in [0.2, 0.25) is 0 Å². The number of halogens is 1. The van der Waals surface area contributed by atoms with E-state index in [1.54, 1.807) is 11.0 Å². The molecule has 2 rings (SSSR count). The van der Waals surface area contributed by atoms with E-state index in [0.717, 1.165) is 0 Å². The Hall–Kier alpha value is -2.95. The van der Waals surface area contributed by atoms with Gasteiger partial charge in [0.1, 0.15) is 30.1 Å². The van der Waals surface area contributed by atoms with Crippen LogP contribution >= 0.6 is 22.6 Å². The topological polar surface area (TPSA) is 217 Å². The number of azide groups is 1. The van der Waals surface area contributed by atoms with Crippen LogP contribution in [0, 0.1) is 8.99 Å². The van der Waals surface area contributed by atoms with Gasteiger partial charge in [0.15, 0.2) is 6.10 Å². The monoisotopic (exact) mass is 716 g/mol. The zero-order valence-corrected chi connectivity index (χ0v) is 26.9. The molecule has 0 bridgehead atoms. The number of aromatic hydroxyl groups is 1. The average Bonchev–Trinajstić information content (AvgIpc) is 3.11. The Morgan fingerprint density at radius 2 is 1.95 bits per heavy atom. The Bertz CT molecular complexity index is 1220. The number of nitrogens with zero attached hydrogens (tertiary/aromatic N) is 4. The van der Waals surface area contributed by atoms with E-state index >= 15 is 0 Å². The third-order valence-corrected chi connectivity index (χ3v) is 7.63. The lowest BCUT2D eigenvalue weighted by molar-refractivity contribution is -0.151. The maximum atomic E-state index is 13.3. The van der Waals surface area contributed by atoms with Gasteiger partial charge in [-0.25, -0.2) is 0 Å². The predicted octanol–water partition coefficient (Wildman–Crippen LogP) is 2.26. The SMILES string of the molecule is CO[C@@H](C(=O)N[C@H]1CCCCN(CCCNC(=O)c2cc(I)c(N=[N+]=[N-])cc2O)C1=O)[C@H](O)[C@@H](O)[C@H](O)C=CC(C)(C)C. The van der Waals surface area contributed by atoms with Gasteiger partial charge in [0.05, 0.1) is 11.3 Å². The minimum atomic E-state index is -1.76. The maximum Gasteiger partial charge on any atom is 0.255 e. The van der Waals surface area contributed by atoms with E-state index < -0.39 is 42.3 Å². The van der Waals surface area contributed by atoms with E-state index in [-0.39, 0.29) is 34.9 Å². The van der Waals surface area contributed by atoms with Crippen molar-refractivity contribution in [1.29, 1.82) is 0 Å². The largest absolute Gasteiger partial charge is 0.507 e. The molecular formula is C28H41IN6O8. The van der Waals surface area contributed by atoms with Crippen LogP contribution in [0.1, 0.15) is 56.8 Å². The van der Waals surface area contributed by atoms with E-state index in [1.807, 2.05) is 43.4 Å². The number of rotatable bonds is 13.